The maximum atomic E-state index is 13.4. The lowest BCUT2D eigenvalue weighted by Crippen LogP contribution is -2.37. The molecule has 2 aliphatic rings. The van der Waals surface area contributed by atoms with Crippen LogP contribution in [0.25, 0.3) is 0 Å². The van der Waals surface area contributed by atoms with Crippen molar-refractivity contribution < 1.29 is 9.53 Å². The van der Waals surface area contributed by atoms with Gasteiger partial charge in [0.25, 0.3) is 5.56 Å². The highest BCUT2D eigenvalue weighted by Gasteiger charge is 2.42. The van der Waals surface area contributed by atoms with Crippen LogP contribution in [0, 0.1) is 5.41 Å². The largest absolute Gasteiger partial charge is 0.497 e. The fraction of sp³-hybridized carbons (Fsp3) is 0.296. The number of carbonyl (C=O) groups is 1. The Hall–Kier alpha value is -3.32. The number of carbonyl (C=O) groups excluding carboxylic acids is 1. The van der Waals surface area contributed by atoms with Crippen LogP contribution in [0.4, 0.5) is 5.82 Å². The molecule has 0 amide bonds. The molecule has 0 fully saturated rings. The van der Waals surface area contributed by atoms with Gasteiger partial charge >= 0.3 is 0 Å². The molecule has 1 aliphatic carbocycles. The van der Waals surface area contributed by atoms with Crippen molar-refractivity contribution in [3.8, 4) is 5.75 Å². The van der Waals surface area contributed by atoms with E-state index in [1.165, 1.54) is 11.8 Å². The number of ketones is 1. The third-order valence-corrected chi connectivity index (χ3v) is 7.31. The van der Waals surface area contributed by atoms with Gasteiger partial charge in [-0.05, 0) is 35.1 Å². The fourth-order valence-electron chi connectivity index (χ4n) is 4.82. The minimum absolute atomic E-state index is 0.0761. The summed E-state index contributed by atoms with van der Waals surface area (Å²) in [7, 11) is 1.62. The van der Waals surface area contributed by atoms with Crippen LogP contribution in [0.3, 0.4) is 0 Å². The molecular formula is C27H27N3O3S. The predicted octanol–water partition coefficient (Wildman–Crippen LogP) is 5.27. The number of methoxy groups -OCH3 is 1. The Morgan fingerprint density at radius 3 is 2.50 bits per heavy atom. The molecule has 0 spiro atoms. The van der Waals surface area contributed by atoms with E-state index in [1.807, 2.05) is 54.6 Å². The van der Waals surface area contributed by atoms with E-state index in [2.05, 4.69) is 24.1 Å². The molecular weight excluding hydrogens is 446 g/mol. The van der Waals surface area contributed by atoms with Gasteiger partial charge in [0.15, 0.2) is 10.9 Å². The molecule has 0 bridgehead atoms. The van der Waals surface area contributed by atoms with Gasteiger partial charge in [-0.3, -0.25) is 9.59 Å². The molecule has 0 saturated heterocycles. The Morgan fingerprint density at radius 1 is 1.06 bits per heavy atom. The third kappa shape index (κ3) is 4.28. The van der Waals surface area contributed by atoms with Crippen LogP contribution in [-0.2, 0) is 10.5 Å². The van der Waals surface area contributed by atoms with Crippen molar-refractivity contribution in [2.75, 3.05) is 12.4 Å². The number of benzene rings is 2. The third-order valence-electron chi connectivity index (χ3n) is 6.37. The van der Waals surface area contributed by atoms with Crippen molar-refractivity contribution in [1.29, 1.82) is 0 Å². The zero-order valence-electron chi connectivity index (χ0n) is 19.5. The average Bonchev–Trinajstić information content (AvgIpc) is 2.81. The normalized spacial score (nSPS) is 18.7. The molecule has 2 heterocycles. The van der Waals surface area contributed by atoms with E-state index in [0.717, 1.165) is 29.0 Å². The maximum Gasteiger partial charge on any atom is 0.257 e. The molecule has 1 aliphatic heterocycles. The first-order valence-electron chi connectivity index (χ1n) is 11.3. The van der Waals surface area contributed by atoms with Gasteiger partial charge in [0.2, 0.25) is 0 Å². The van der Waals surface area contributed by atoms with Crippen molar-refractivity contribution in [3.63, 3.8) is 0 Å². The number of hydrogen-bond donors (Lipinski definition) is 2. The Balaban J connectivity index is 1.59. The molecule has 5 rings (SSSR count). The lowest BCUT2D eigenvalue weighted by molar-refractivity contribution is -0.118. The van der Waals surface area contributed by atoms with E-state index in [0.29, 0.717) is 34.3 Å². The molecule has 34 heavy (non-hydrogen) atoms. The van der Waals surface area contributed by atoms with Crippen LogP contribution >= 0.6 is 11.8 Å². The molecule has 1 aromatic heterocycles. The highest BCUT2D eigenvalue weighted by Crippen LogP contribution is 2.47. The van der Waals surface area contributed by atoms with Gasteiger partial charge in [-0.25, -0.2) is 4.98 Å². The van der Waals surface area contributed by atoms with Crippen molar-refractivity contribution in [1.82, 2.24) is 9.97 Å². The summed E-state index contributed by atoms with van der Waals surface area (Å²) in [6.45, 7) is 4.20. The van der Waals surface area contributed by atoms with Gasteiger partial charge in [-0.2, -0.15) is 0 Å². The zero-order valence-corrected chi connectivity index (χ0v) is 20.3. The maximum absolute atomic E-state index is 13.4. The Bertz CT molecular complexity index is 1330. The first-order chi connectivity index (χ1) is 16.3. The molecule has 1 atom stereocenters. The van der Waals surface area contributed by atoms with E-state index in [1.54, 1.807) is 7.11 Å². The number of nitrogens with one attached hydrogen (secondary N) is 2. The van der Waals surface area contributed by atoms with E-state index in [-0.39, 0.29) is 16.8 Å². The number of fused-ring (bicyclic) bond motifs is 1. The Kier molecular flexibility index (Phi) is 5.81. The van der Waals surface area contributed by atoms with Crippen molar-refractivity contribution in [3.05, 3.63) is 92.9 Å². The van der Waals surface area contributed by atoms with Crippen LogP contribution in [0.5, 0.6) is 5.75 Å². The van der Waals surface area contributed by atoms with Crippen LogP contribution in [-0.4, -0.2) is 22.9 Å². The second-order valence-electron chi connectivity index (χ2n) is 9.57. The summed E-state index contributed by atoms with van der Waals surface area (Å²) in [5.74, 6) is 1.56. The number of aromatic amines is 1. The molecule has 0 radical (unpaired) electrons. The summed E-state index contributed by atoms with van der Waals surface area (Å²) >= 11 is 1.49. The number of allylic oxidation sites excluding steroid dienone is 2. The van der Waals surface area contributed by atoms with Gasteiger partial charge in [0.1, 0.15) is 11.6 Å². The quantitative estimate of drug-likeness (QED) is 0.388. The monoisotopic (exact) mass is 473 g/mol. The summed E-state index contributed by atoms with van der Waals surface area (Å²) in [5, 5.41) is 3.93. The Morgan fingerprint density at radius 2 is 1.79 bits per heavy atom. The number of H-pyrrole nitrogens is 1. The Labute approximate surface area is 202 Å². The smallest absolute Gasteiger partial charge is 0.257 e. The standard InChI is InChI=1S/C27H27N3O3S/c1-27(2)13-19-22(20(31)14-27)21(17-9-11-18(33-3)12-10-17)23-24(28-19)29-26(30-25(23)32)34-15-16-7-5-4-6-8-16/h4-12,21H,13-15H2,1-3H3,(H2,28,29,30,32)/t21-/m1/s1. The number of nitrogens with zero attached hydrogens (tertiary/aromatic N) is 1. The summed E-state index contributed by atoms with van der Waals surface area (Å²) < 4.78 is 5.31. The molecule has 0 saturated carbocycles. The number of Topliss-reactive ketones (excluding diaryl/α,β-unsaturated/α-hetero) is 1. The van der Waals surface area contributed by atoms with Gasteiger partial charge in [0, 0.05) is 29.4 Å². The summed E-state index contributed by atoms with van der Waals surface area (Å²) in [6.07, 6.45) is 1.17. The number of ether oxygens (including phenoxy) is 1. The van der Waals surface area contributed by atoms with E-state index in [9.17, 15) is 9.59 Å². The highest BCUT2D eigenvalue weighted by molar-refractivity contribution is 7.98. The number of hydrogen-bond acceptors (Lipinski definition) is 6. The first kappa shape index (κ1) is 22.5. The average molecular weight is 474 g/mol. The number of thioether (sulfide) groups is 1. The van der Waals surface area contributed by atoms with Gasteiger partial charge < -0.3 is 15.0 Å². The van der Waals surface area contributed by atoms with Crippen molar-refractivity contribution >= 4 is 23.4 Å². The van der Waals surface area contributed by atoms with Gasteiger partial charge in [0.05, 0.1) is 12.7 Å². The van der Waals surface area contributed by atoms with Crippen LogP contribution < -0.4 is 15.6 Å². The molecule has 3 aromatic rings. The topological polar surface area (TPSA) is 84.1 Å². The van der Waals surface area contributed by atoms with Crippen molar-refractivity contribution in [2.45, 2.75) is 43.5 Å². The number of rotatable bonds is 5. The van der Waals surface area contributed by atoms with Crippen LogP contribution in [0.2, 0.25) is 0 Å². The lowest BCUT2D eigenvalue weighted by atomic mass is 9.69. The van der Waals surface area contributed by atoms with E-state index in [4.69, 9.17) is 9.72 Å². The number of anilines is 1. The predicted molar refractivity (Wildman–Crippen MR) is 134 cm³/mol. The molecule has 7 heteroatoms. The fourth-order valence-corrected chi connectivity index (χ4v) is 5.63. The second kappa shape index (κ2) is 8.80. The summed E-state index contributed by atoms with van der Waals surface area (Å²) in [6, 6.07) is 17.6. The molecule has 0 unspecified atom stereocenters. The SMILES string of the molecule is COc1ccc([C@@H]2C3=C(CC(C)(C)CC3=O)Nc3nc(SCc4ccccc4)[nH]c(=O)c32)cc1. The lowest BCUT2D eigenvalue weighted by Gasteiger charge is -2.38. The number of aromatic nitrogens is 2. The van der Waals surface area contributed by atoms with Gasteiger partial charge in [-0.15, -0.1) is 0 Å². The minimum Gasteiger partial charge on any atom is -0.497 e. The summed E-state index contributed by atoms with van der Waals surface area (Å²) in [4.78, 5) is 34.5. The molecule has 174 valence electrons. The minimum atomic E-state index is -0.467. The first-order valence-corrected chi connectivity index (χ1v) is 12.3. The van der Waals surface area contributed by atoms with E-state index >= 15 is 0 Å². The highest BCUT2D eigenvalue weighted by atomic mass is 32.2. The van der Waals surface area contributed by atoms with Gasteiger partial charge in [-0.1, -0.05) is 68.1 Å². The molecule has 2 N–H and O–H groups in total. The van der Waals surface area contributed by atoms with Crippen molar-refractivity contribution in [2.24, 2.45) is 5.41 Å². The molecule has 2 aromatic carbocycles. The molecule has 6 nitrogen and oxygen atoms in total. The van der Waals surface area contributed by atoms with E-state index < -0.39 is 5.92 Å². The van der Waals surface area contributed by atoms with Crippen LogP contribution in [0.15, 0.2) is 75.8 Å². The summed E-state index contributed by atoms with van der Waals surface area (Å²) in [5.41, 5.74) is 3.68. The zero-order chi connectivity index (χ0) is 23.9. The second-order valence-corrected chi connectivity index (χ2v) is 10.5. The van der Waals surface area contributed by atoms with Crippen LogP contribution in [0.1, 0.15) is 49.3 Å².